The molecule has 24 heavy (non-hydrogen) atoms. The van der Waals surface area contributed by atoms with Crippen LogP contribution in [0, 0.1) is 11.6 Å². The van der Waals surface area contributed by atoms with Gasteiger partial charge in [0.25, 0.3) is 5.56 Å². The molecule has 0 spiro atoms. The van der Waals surface area contributed by atoms with Gasteiger partial charge in [0.1, 0.15) is 5.82 Å². The zero-order valence-corrected chi connectivity index (χ0v) is 13.5. The molecule has 0 aliphatic carbocycles. The van der Waals surface area contributed by atoms with Crippen LogP contribution in [0.1, 0.15) is 24.4 Å². The van der Waals surface area contributed by atoms with E-state index in [4.69, 9.17) is 11.6 Å². The molecule has 0 radical (unpaired) electrons. The molecule has 3 aromatic rings. The zero-order chi connectivity index (χ0) is 17.3. The minimum Gasteiger partial charge on any atom is -0.309 e. The van der Waals surface area contributed by atoms with E-state index in [1.807, 2.05) is 6.92 Å². The Morgan fingerprint density at radius 2 is 2.00 bits per heavy atom. The van der Waals surface area contributed by atoms with Crippen LogP contribution < -0.4 is 10.9 Å². The molecule has 0 aliphatic heterocycles. The maximum Gasteiger partial charge on any atom is 0.258 e. The van der Waals surface area contributed by atoms with Crippen LogP contribution in [-0.4, -0.2) is 9.97 Å². The van der Waals surface area contributed by atoms with E-state index in [9.17, 15) is 13.6 Å². The van der Waals surface area contributed by atoms with Gasteiger partial charge in [-0.2, -0.15) is 0 Å². The maximum atomic E-state index is 13.3. The predicted octanol–water partition coefficient (Wildman–Crippen LogP) is 3.71. The monoisotopic (exact) mass is 349 g/mol. The van der Waals surface area contributed by atoms with Crippen molar-refractivity contribution in [3.8, 4) is 0 Å². The Morgan fingerprint density at radius 1 is 1.21 bits per heavy atom. The summed E-state index contributed by atoms with van der Waals surface area (Å²) in [6, 6.07) is 8.35. The minimum absolute atomic E-state index is 0.250. The molecule has 0 saturated carbocycles. The molecule has 0 fully saturated rings. The molecule has 1 atom stereocenters. The molecule has 2 aromatic carbocycles. The van der Waals surface area contributed by atoms with Crippen LogP contribution in [0.2, 0.25) is 5.02 Å². The molecule has 1 aromatic heterocycles. The summed E-state index contributed by atoms with van der Waals surface area (Å²) in [6.07, 6.45) is 0. The number of benzene rings is 2. The van der Waals surface area contributed by atoms with Crippen LogP contribution in [-0.2, 0) is 6.54 Å². The largest absolute Gasteiger partial charge is 0.309 e. The first-order chi connectivity index (χ1) is 11.4. The second-order valence-corrected chi connectivity index (χ2v) is 5.89. The molecular formula is C17H14ClF2N3O. The Morgan fingerprint density at radius 3 is 2.75 bits per heavy atom. The number of hydrogen-bond acceptors (Lipinski definition) is 3. The lowest BCUT2D eigenvalue weighted by Crippen LogP contribution is -2.22. The van der Waals surface area contributed by atoms with E-state index >= 15 is 0 Å². The Hall–Kier alpha value is -2.31. The molecule has 1 heterocycles. The number of aromatic amines is 1. The average molecular weight is 350 g/mol. The van der Waals surface area contributed by atoms with Crippen molar-refractivity contribution in [1.29, 1.82) is 0 Å². The van der Waals surface area contributed by atoms with Crippen LogP contribution in [0.4, 0.5) is 8.78 Å². The number of halogens is 3. The summed E-state index contributed by atoms with van der Waals surface area (Å²) in [4.78, 5) is 19.1. The number of hydrogen-bond donors (Lipinski definition) is 2. The first-order valence-corrected chi connectivity index (χ1v) is 7.68. The minimum atomic E-state index is -0.895. The highest BCUT2D eigenvalue weighted by Crippen LogP contribution is 2.17. The Balaban J connectivity index is 1.79. The Kier molecular flexibility index (Phi) is 4.59. The maximum absolute atomic E-state index is 13.3. The fraction of sp³-hybridized carbons (Fsp3) is 0.176. The molecule has 2 N–H and O–H groups in total. The number of fused-ring (bicyclic) bond motifs is 1. The van der Waals surface area contributed by atoms with Gasteiger partial charge in [0, 0.05) is 11.1 Å². The highest BCUT2D eigenvalue weighted by Gasteiger charge is 2.10. The van der Waals surface area contributed by atoms with E-state index in [1.165, 1.54) is 6.07 Å². The average Bonchev–Trinajstić information content (AvgIpc) is 2.54. The van der Waals surface area contributed by atoms with E-state index in [2.05, 4.69) is 15.3 Å². The van der Waals surface area contributed by atoms with Crippen LogP contribution in [0.25, 0.3) is 10.9 Å². The quantitative estimate of drug-likeness (QED) is 0.755. The lowest BCUT2D eigenvalue weighted by Gasteiger charge is -2.14. The summed E-state index contributed by atoms with van der Waals surface area (Å²) in [5.74, 6) is -1.35. The van der Waals surface area contributed by atoms with Gasteiger partial charge in [-0.1, -0.05) is 17.7 Å². The molecule has 3 rings (SSSR count). The highest BCUT2D eigenvalue weighted by molar-refractivity contribution is 6.31. The zero-order valence-electron chi connectivity index (χ0n) is 12.7. The van der Waals surface area contributed by atoms with Crippen LogP contribution in [0.5, 0.6) is 0 Å². The lowest BCUT2D eigenvalue weighted by atomic mass is 10.1. The summed E-state index contributed by atoms with van der Waals surface area (Å²) < 4.78 is 26.3. The van der Waals surface area contributed by atoms with Crippen molar-refractivity contribution >= 4 is 22.5 Å². The summed E-state index contributed by atoms with van der Waals surface area (Å²) in [7, 11) is 0. The van der Waals surface area contributed by atoms with Crippen molar-refractivity contribution in [2.45, 2.75) is 19.5 Å². The first-order valence-electron chi connectivity index (χ1n) is 7.31. The third kappa shape index (κ3) is 3.44. The van der Waals surface area contributed by atoms with Crippen molar-refractivity contribution in [3.63, 3.8) is 0 Å². The smallest absolute Gasteiger partial charge is 0.258 e. The van der Waals surface area contributed by atoms with Crippen LogP contribution in [0.3, 0.4) is 0 Å². The predicted molar refractivity (Wildman–Crippen MR) is 89.0 cm³/mol. The molecule has 0 amide bonds. The van der Waals surface area contributed by atoms with E-state index in [-0.39, 0.29) is 18.1 Å². The standard InChI is InChI=1S/C17H14ClF2N3O/c1-9(10-2-5-13(19)14(20)6-10)21-8-16-22-15-7-11(18)3-4-12(15)17(24)23-16/h2-7,9,21H,8H2,1H3,(H,22,23,24)/t9-/m1/s1. The van der Waals surface area contributed by atoms with Gasteiger partial charge in [0.05, 0.1) is 17.4 Å². The number of nitrogens with zero attached hydrogens (tertiary/aromatic N) is 1. The number of rotatable bonds is 4. The third-order valence-electron chi connectivity index (χ3n) is 3.74. The Labute approximate surface area is 141 Å². The van der Waals surface area contributed by atoms with Crippen LogP contribution in [0.15, 0.2) is 41.2 Å². The van der Waals surface area contributed by atoms with Gasteiger partial charge in [-0.05, 0) is 42.8 Å². The number of nitrogens with one attached hydrogen (secondary N) is 2. The second-order valence-electron chi connectivity index (χ2n) is 5.45. The van der Waals surface area contributed by atoms with Crippen molar-refractivity contribution < 1.29 is 8.78 Å². The van der Waals surface area contributed by atoms with E-state index in [1.54, 1.807) is 18.2 Å². The van der Waals surface area contributed by atoms with Crippen molar-refractivity contribution in [2.75, 3.05) is 0 Å². The Bertz CT molecular complexity index is 958. The van der Waals surface area contributed by atoms with Crippen molar-refractivity contribution in [2.24, 2.45) is 0 Å². The van der Waals surface area contributed by atoms with Gasteiger partial charge in [-0.3, -0.25) is 4.79 Å². The fourth-order valence-corrected chi connectivity index (χ4v) is 2.56. The molecule has 4 nitrogen and oxygen atoms in total. The van der Waals surface area contributed by atoms with Gasteiger partial charge in [-0.15, -0.1) is 0 Å². The van der Waals surface area contributed by atoms with E-state index in [0.29, 0.717) is 27.3 Å². The summed E-state index contributed by atoms with van der Waals surface area (Å²) in [6.45, 7) is 2.07. The van der Waals surface area contributed by atoms with Crippen molar-refractivity contribution in [1.82, 2.24) is 15.3 Å². The molecule has 124 valence electrons. The van der Waals surface area contributed by atoms with Gasteiger partial charge in [-0.25, -0.2) is 13.8 Å². The summed E-state index contributed by atoms with van der Waals surface area (Å²) in [5.41, 5.74) is 0.845. The molecule has 0 aliphatic rings. The SMILES string of the molecule is C[C@@H](NCc1nc2cc(Cl)ccc2c(=O)[nH]1)c1ccc(F)c(F)c1. The highest BCUT2D eigenvalue weighted by atomic mass is 35.5. The third-order valence-corrected chi connectivity index (χ3v) is 3.97. The van der Waals surface area contributed by atoms with Crippen LogP contribution >= 0.6 is 11.6 Å². The number of H-pyrrole nitrogens is 1. The second kappa shape index (κ2) is 6.67. The molecular weight excluding hydrogens is 336 g/mol. The normalized spacial score (nSPS) is 12.5. The summed E-state index contributed by atoms with van der Waals surface area (Å²) >= 11 is 5.92. The van der Waals surface area contributed by atoms with Gasteiger partial charge in [0.2, 0.25) is 0 Å². The fourth-order valence-electron chi connectivity index (χ4n) is 2.39. The molecule has 0 bridgehead atoms. The molecule has 0 unspecified atom stereocenters. The van der Waals surface area contributed by atoms with Gasteiger partial charge < -0.3 is 10.3 Å². The summed E-state index contributed by atoms with van der Waals surface area (Å²) in [5, 5.41) is 4.06. The van der Waals surface area contributed by atoms with Crippen molar-refractivity contribution in [3.05, 3.63) is 74.8 Å². The van der Waals surface area contributed by atoms with E-state index < -0.39 is 11.6 Å². The van der Waals surface area contributed by atoms with E-state index in [0.717, 1.165) is 12.1 Å². The lowest BCUT2D eigenvalue weighted by molar-refractivity contribution is 0.499. The first kappa shape index (κ1) is 16.5. The van der Waals surface area contributed by atoms with Gasteiger partial charge >= 0.3 is 0 Å². The van der Waals surface area contributed by atoms with Gasteiger partial charge in [0.15, 0.2) is 11.6 Å². The topological polar surface area (TPSA) is 57.8 Å². The molecule has 7 heteroatoms. The number of aromatic nitrogens is 2. The molecule has 0 saturated heterocycles.